The lowest BCUT2D eigenvalue weighted by Crippen LogP contribution is -2.03. The van der Waals surface area contributed by atoms with Crippen LogP contribution in [0.2, 0.25) is 0 Å². The fraction of sp³-hybridized carbons (Fsp3) is 0.944. The van der Waals surface area contributed by atoms with E-state index in [0.717, 1.165) is 12.3 Å². The molecule has 0 fully saturated rings. The molecule has 0 rings (SSSR count). The fourth-order valence-corrected chi connectivity index (χ4v) is 2.47. The lowest BCUT2D eigenvalue weighted by atomic mass is 10.0. The van der Waals surface area contributed by atoms with Crippen molar-refractivity contribution in [3.63, 3.8) is 0 Å². The molecule has 0 radical (unpaired) electrons. The summed E-state index contributed by atoms with van der Waals surface area (Å²) in [7, 11) is 0. The number of unbranched alkanes of at least 4 members (excludes halogenated alkanes) is 9. The minimum atomic E-state index is -0.0334. The van der Waals surface area contributed by atoms with E-state index in [-0.39, 0.29) is 5.97 Å². The average Bonchev–Trinajstić information content (AvgIpc) is 2.40. The zero-order valence-electron chi connectivity index (χ0n) is 14.1. The van der Waals surface area contributed by atoms with Crippen LogP contribution in [0, 0.1) is 5.92 Å². The zero-order valence-corrected chi connectivity index (χ0v) is 14.1. The third kappa shape index (κ3) is 15.5. The van der Waals surface area contributed by atoms with Gasteiger partial charge in [-0.05, 0) is 19.3 Å². The minimum absolute atomic E-state index is 0.0334. The van der Waals surface area contributed by atoms with Crippen LogP contribution in [-0.4, -0.2) is 12.6 Å². The summed E-state index contributed by atoms with van der Waals surface area (Å²) < 4.78 is 4.91. The molecule has 20 heavy (non-hydrogen) atoms. The molecule has 0 heterocycles. The Kier molecular flexibility index (Phi) is 14.5. The molecule has 2 nitrogen and oxygen atoms in total. The van der Waals surface area contributed by atoms with Crippen molar-refractivity contribution in [2.75, 3.05) is 6.61 Å². The zero-order chi connectivity index (χ0) is 15.1. The van der Waals surface area contributed by atoms with Gasteiger partial charge in [0.25, 0.3) is 0 Å². The van der Waals surface area contributed by atoms with E-state index in [2.05, 4.69) is 13.8 Å². The van der Waals surface area contributed by atoms with Crippen molar-refractivity contribution in [3.05, 3.63) is 0 Å². The predicted molar refractivity (Wildman–Crippen MR) is 86.9 cm³/mol. The molecule has 0 aliphatic carbocycles. The van der Waals surface area contributed by atoms with Gasteiger partial charge in [0.2, 0.25) is 0 Å². The van der Waals surface area contributed by atoms with Crippen LogP contribution >= 0.6 is 0 Å². The van der Waals surface area contributed by atoms with E-state index in [1.807, 2.05) is 6.92 Å². The first-order valence-electron chi connectivity index (χ1n) is 8.82. The molecule has 0 aliphatic heterocycles. The van der Waals surface area contributed by atoms with E-state index < -0.39 is 0 Å². The Balaban J connectivity index is 3.04. The van der Waals surface area contributed by atoms with E-state index in [4.69, 9.17) is 4.74 Å². The molecule has 0 N–H and O–H groups in total. The Labute approximate surface area is 126 Å². The monoisotopic (exact) mass is 284 g/mol. The highest BCUT2D eigenvalue weighted by Crippen LogP contribution is 2.13. The summed E-state index contributed by atoms with van der Waals surface area (Å²) in [6, 6.07) is 0. The van der Waals surface area contributed by atoms with Crippen LogP contribution in [-0.2, 0) is 9.53 Å². The molecule has 0 saturated heterocycles. The van der Waals surface area contributed by atoms with E-state index in [0.29, 0.717) is 13.0 Å². The Morgan fingerprint density at radius 2 is 1.25 bits per heavy atom. The van der Waals surface area contributed by atoms with Gasteiger partial charge in [0.05, 0.1) is 6.61 Å². The standard InChI is InChI=1S/C18H36O2/c1-4-20-18(19)16-14-12-10-8-6-5-7-9-11-13-15-17(2)3/h17H,4-16H2,1-3H3. The van der Waals surface area contributed by atoms with Gasteiger partial charge in [0, 0.05) is 6.42 Å². The van der Waals surface area contributed by atoms with Gasteiger partial charge in [-0.2, -0.15) is 0 Å². The summed E-state index contributed by atoms with van der Waals surface area (Å²) in [5.41, 5.74) is 0. The van der Waals surface area contributed by atoms with E-state index in [1.54, 1.807) is 0 Å². The molecule has 0 amide bonds. The number of carbonyl (C=O) groups is 1. The number of carbonyl (C=O) groups excluding carboxylic acids is 1. The lowest BCUT2D eigenvalue weighted by Gasteiger charge is -2.05. The highest BCUT2D eigenvalue weighted by atomic mass is 16.5. The van der Waals surface area contributed by atoms with Crippen molar-refractivity contribution in [1.82, 2.24) is 0 Å². The van der Waals surface area contributed by atoms with Crippen molar-refractivity contribution in [2.45, 2.75) is 97.8 Å². The molecule has 0 aromatic carbocycles. The van der Waals surface area contributed by atoms with Crippen molar-refractivity contribution in [2.24, 2.45) is 5.92 Å². The number of ether oxygens (including phenoxy) is 1. The molecule has 0 aromatic heterocycles. The lowest BCUT2D eigenvalue weighted by molar-refractivity contribution is -0.143. The predicted octanol–water partition coefficient (Wildman–Crippen LogP) is 5.89. The van der Waals surface area contributed by atoms with Gasteiger partial charge in [-0.25, -0.2) is 0 Å². The molecule has 0 unspecified atom stereocenters. The fourth-order valence-electron chi connectivity index (χ4n) is 2.47. The van der Waals surface area contributed by atoms with Gasteiger partial charge in [-0.1, -0.05) is 78.1 Å². The van der Waals surface area contributed by atoms with Crippen LogP contribution in [0.15, 0.2) is 0 Å². The normalized spacial score (nSPS) is 11.0. The van der Waals surface area contributed by atoms with E-state index in [9.17, 15) is 4.79 Å². The second-order valence-electron chi connectivity index (χ2n) is 6.27. The summed E-state index contributed by atoms with van der Waals surface area (Å²) in [6.07, 6.45) is 15.1. The van der Waals surface area contributed by atoms with Crippen LogP contribution in [0.25, 0.3) is 0 Å². The van der Waals surface area contributed by atoms with Gasteiger partial charge < -0.3 is 4.74 Å². The third-order valence-electron chi connectivity index (χ3n) is 3.72. The van der Waals surface area contributed by atoms with Crippen LogP contribution in [0.5, 0.6) is 0 Å². The van der Waals surface area contributed by atoms with Gasteiger partial charge in [-0.3, -0.25) is 4.79 Å². The highest BCUT2D eigenvalue weighted by Gasteiger charge is 2.00. The van der Waals surface area contributed by atoms with Crippen LogP contribution in [0.4, 0.5) is 0 Å². The molecule has 0 saturated carbocycles. The number of esters is 1. The first-order chi connectivity index (χ1) is 9.66. The first-order valence-corrected chi connectivity index (χ1v) is 8.82. The second-order valence-corrected chi connectivity index (χ2v) is 6.27. The quantitative estimate of drug-likeness (QED) is 0.294. The molecule has 0 aromatic rings. The Morgan fingerprint density at radius 1 is 0.800 bits per heavy atom. The molecule has 0 atom stereocenters. The summed E-state index contributed by atoms with van der Waals surface area (Å²) >= 11 is 0. The summed E-state index contributed by atoms with van der Waals surface area (Å²) in [5.74, 6) is 0.832. The Morgan fingerprint density at radius 3 is 1.70 bits per heavy atom. The SMILES string of the molecule is CCOC(=O)CCCCCCCCCCCCC(C)C. The van der Waals surface area contributed by atoms with E-state index in [1.165, 1.54) is 64.2 Å². The number of hydrogen-bond donors (Lipinski definition) is 0. The summed E-state index contributed by atoms with van der Waals surface area (Å²) in [6.45, 7) is 6.99. The van der Waals surface area contributed by atoms with Crippen molar-refractivity contribution in [1.29, 1.82) is 0 Å². The molecule has 2 heteroatoms. The van der Waals surface area contributed by atoms with Gasteiger partial charge >= 0.3 is 5.97 Å². The Bertz CT molecular complexity index is 211. The van der Waals surface area contributed by atoms with Gasteiger partial charge in [0.1, 0.15) is 0 Å². The van der Waals surface area contributed by atoms with Crippen molar-refractivity contribution >= 4 is 5.97 Å². The van der Waals surface area contributed by atoms with Gasteiger partial charge in [-0.15, -0.1) is 0 Å². The largest absolute Gasteiger partial charge is 0.466 e. The van der Waals surface area contributed by atoms with Crippen molar-refractivity contribution in [3.8, 4) is 0 Å². The molecule has 120 valence electrons. The average molecular weight is 284 g/mol. The van der Waals surface area contributed by atoms with Crippen molar-refractivity contribution < 1.29 is 9.53 Å². The molecular formula is C18H36O2. The smallest absolute Gasteiger partial charge is 0.305 e. The maximum atomic E-state index is 11.1. The molecular weight excluding hydrogens is 248 g/mol. The minimum Gasteiger partial charge on any atom is -0.466 e. The number of hydrogen-bond acceptors (Lipinski definition) is 2. The highest BCUT2D eigenvalue weighted by molar-refractivity contribution is 5.69. The van der Waals surface area contributed by atoms with Crippen LogP contribution in [0.3, 0.4) is 0 Å². The molecule has 0 bridgehead atoms. The summed E-state index contributed by atoms with van der Waals surface area (Å²) in [4.78, 5) is 11.1. The summed E-state index contributed by atoms with van der Waals surface area (Å²) in [5, 5.41) is 0. The third-order valence-corrected chi connectivity index (χ3v) is 3.72. The van der Waals surface area contributed by atoms with Gasteiger partial charge in [0.15, 0.2) is 0 Å². The molecule has 0 aliphatic rings. The Hall–Kier alpha value is -0.530. The maximum absolute atomic E-state index is 11.1. The number of rotatable bonds is 14. The second kappa shape index (κ2) is 14.9. The van der Waals surface area contributed by atoms with E-state index >= 15 is 0 Å². The van der Waals surface area contributed by atoms with Crippen LogP contribution < -0.4 is 0 Å². The molecule has 0 spiro atoms. The van der Waals surface area contributed by atoms with Crippen LogP contribution in [0.1, 0.15) is 97.8 Å². The first kappa shape index (κ1) is 19.5. The maximum Gasteiger partial charge on any atom is 0.305 e. The topological polar surface area (TPSA) is 26.3 Å².